The second-order valence-corrected chi connectivity index (χ2v) is 3.79. The molecule has 0 amide bonds. The van der Waals surface area contributed by atoms with Crippen LogP contribution in [0.4, 0.5) is 5.82 Å². The van der Waals surface area contributed by atoms with E-state index in [9.17, 15) is 4.79 Å². The van der Waals surface area contributed by atoms with E-state index in [0.717, 1.165) is 25.9 Å². The third kappa shape index (κ3) is 3.57. The summed E-state index contributed by atoms with van der Waals surface area (Å²) in [6.07, 6.45) is 3.25. The zero-order chi connectivity index (χ0) is 11.4. The second-order valence-electron chi connectivity index (χ2n) is 3.79. The SMILES string of the molecule is Cl.Nc1ncccc1C(=O)OC1CCNCC1. The summed E-state index contributed by atoms with van der Waals surface area (Å²) >= 11 is 0. The highest BCUT2D eigenvalue weighted by Gasteiger charge is 2.19. The van der Waals surface area contributed by atoms with Crippen LogP contribution < -0.4 is 11.1 Å². The van der Waals surface area contributed by atoms with E-state index in [0.29, 0.717) is 5.56 Å². The molecule has 6 heteroatoms. The molecule has 0 bridgehead atoms. The predicted octanol–water partition coefficient (Wildman–Crippen LogP) is 0.994. The summed E-state index contributed by atoms with van der Waals surface area (Å²) in [6.45, 7) is 1.78. The van der Waals surface area contributed by atoms with Crippen molar-refractivity contribution in [3.05, 3.63) is 23.9 Å². The van der Waals surface area contributed by atoms with Crippen LogP contribution in [-0.2, 0) is 4.74 Å². The molecule has 0 aromatic carbocycles. The summed E-state index contributed by atoms with van der Waals surface area (Å²) in [4.78, 5) is 15.6. The number of ether oxygens (including phenoxy) is 1. The van der Waals surface area contributed by atoms with Crippen LogP contribution in [0.1, 0.15) is 23.2 Å². The Kier molecular flexibility index (Phi) is 5.18. The first kappa shape index (κ1) is 13.7. The molecule has 0 atom stereocenters. The topological polar surface area (TPSA) is 77.2 Å². The Hall–Kier alpha value is -1.33. The molecular formula is C11H16ClN3O2. The quantitative estimate of drug-likeness (QED) is 0.773. The van der Waals surface area contributed by atoms with Crippen molar-refractivity contribution in [2.24, 2.45) is 0 Å². The van der Waals surface area contributed by atoms with Crippen LogP contribution in [0.15, 0.2) is 18.3 Å². The average Bonchev–Trinajstić information content (AvgIpc) is 2.31. The van der Waals surface area contributed by atoms with Crippen LogP contribution >= 0.6 is 12.4 Å². The number of esters is 1. The smallest absolute Gasteiger partial charge is 0.342 e. The summed E-state index contributed by atoms with van der Waals surface area (Å²) in [6, 6.07) is 3.31. The Labute approximate surface area is 106 Å². The van der Waals surface area contributed by atoms with E-state index in [1.54, 1.807) is 18.3 Å². The van der Waals surface area contributed by atoms with Crippen LogP contribution in [0.3, 0.4) is 0 Å². The number of hydrogen-bond donors (Lipinski definition) is 2. The highest BCUT2D eigenvalue weighted by atomic mass is 35.5. The van der Waals surface area contributed by atoms with Gasteiger partial charge in [0.15, 0.2) is 0 Å². The highest BCUT2D eigenvalue weighted by molar-refractivity contribution is 5.94. The number of pyridine rings is 1. The number of anilines is 1. The van der Waals surface area contributed by atoms with Gasteiger partial charge in [-0.05, 0) is 38.1 Å². The van der Waals surface area contributed by atoms with Crippen LogP contribution in [0, 0.1) is 0 Å². The van der Waals surface area contributed by atoms with E-state index in [4.69, 9.17) is 10.5 Å². The molecule has 0 radical (unpaired) electrons. The van der Waals surface area contributed by atoms with Crippen LogP contribution in [-0.4, -0.2) is 30.1 Å². The Balaban J connectivity index is 0.00000144. The molecule has 1 aromatic rings. The third-order valence-corrected chi connectivity index (χ3v) is 2.62. The maximum absolute atomic E-state index is 11.8. The molecule has 2 rings (SSSR count). The molecule has 1 aliphatic heterocycles. The molecule has 1 aliphatic rings. The Bertz CT molecular complexity index is 381. The average molecular weight is 258 g/mol. The van der Waals surface area contributed by atoms with Crippen molar-refractivity contribution in [3.8, 4) is 0 Å². The van der Waals surface area contributed by atoms with E-state index < -0.39 is 0 Å². The van der Waals surface area contributed by atoms with E-state index in [1.165, 1.54) is 0 Å². The molecule has 0 aliphatic carbocycles. The molecule has 0 unspecified atom stereocenters. The van der Waals surface area contributed by atoms with Gasteiger partial charge < -0.3 is 15.8 Å². The maximum atomic E-state index is 11.8. The first-order valence-electron chi connectivity index (χ1n) is 5.39. The lowest BCUT2D eigenvalue weighted by Crippen LogP contribution is -2.33. The van der Waals surface area contributed by atoms with Crippen molar-refractivity contribution in [2.45, 2.75) is 18.9 Å². The number of carbonyl (C=O) groups excluding carboxylic acids is 1. The number of piperidine rings is 1. The van der Waals surface area contributed by atoms with Gasteiger partial charge in [0.05, 0.1) is 0 Å². The van der Waals surface area contributed by atoms with Gasteiger partial charge in [0.2, 0.25) is 0 Å². The molecule has 1 saturated heterocycles. The van der Waals surface area contributed by atoms with Crippen molar-refractivity contribution in [1.29, 1.82) is 0 Å². The summed E-state index contributed by atoms with van der Waals surface area (Å²) in [5.74, 6) is -0.154. The molecule has 2 heterocycles. The number of hydrogen-bond acceptors (Lipinski definition) is 5. The fourth-order valence-electron chi connectivity index (χ4n) is 1.72. The Morgan fingerprint density at radius 2 is 2.18 bits per heavy atom. The van der Waals surface area contributed by atoms with Gasteiger partial charge in [-0.1, -0.05) is 0 Å². The molecule has 0 saturated carbocycles. The van der Waals surface area contributed by atoms with Gasteiger partial charge in [0, 0.05) is 6.20 Å². The molecule has 17 heavy (non-hydrogen) atoms. The fraction of sp³-hybridized carbons (Fsp3) is 0.455. The monoisotopic (exact) mass is 257 g/mol. The highest BCUT2D eigenvalue weighted by Crippen LogP contribution is 2.13. The molecule has 94 valence electrons. The number of nitrogens with two attached hydrogens (primary N) is 1. The van der Waals surface area contributed by atoms with Crippen LogP contribution in [0.25, 0.3) is 0 Å². The van der Waals surface area contributed by atoms with Crippen molar-refractivity contribution in [1.82, 2.24) is 10.3 Å². The van der Waals surface area contributed by atoms with Crippen molar-refractivity contribution in [3.63, 3.8) is 0 Å². The van der Waals surface area contributed by atoms with E-state index in [-0.39, 0.29) is 30.3 Å². The standard InChI is InChI=1S/C11H15N3O2.ClH/c12-10-9(2-1-5-14-10)11(15)16-8-3-6-13-7-4-8;/h1-2,5,8,13H,3-4,6-7H2,(H2,12,14);1H. The van der Waals surface area contributed by atoms with Gasteiger partial charge in [-0.25, -0.2) is 9.78 Å². The molecule has 0 spiro atoms. The lowest BCUT2D eigenvalue weighted by molar-refractivity contribution is 0.0230. The van der Waals surface area contributed by atoms with Gasteiger partial charge in [-0.3, -0.25) is 0 Å². The number of nitrogens with zero attached hydrogens (tertiary/aromatic N) is 1. The van der Waals surface area contributed by atoms with E-state index >= 15 is 0 Å². The maximum Gasteiger partial charge on any atom is 0.342 e. The Morgan fingerprint density at radius 3 is 2.82 bits per heavy atom. The minimum Gasteiger partial charge on any atom is -0.459 e. The molecular weight excluding hydrogens is 242 g/mol. The summed E-state index contributed by atoms with van der Waals surface area (Å²) in [7, 11) is 0. The number of halogens is 1. The molecule has 1 aromatic heterocycles. The Morgan fingerprint density at radius 1 is 1.47 bits per heavy atom. The van der Waals surface area contributed by atoms with Crippen molar-refractivity contribution >= 4 is 24.2 Å². The zero-order valence-corrected chi connectivity index (χ0v) is 10.2. The first-order chi connectivity index (χ1) is 7.77. The molecule has 1 fully saturated rings. The van der Waals surface area contributed by atoms with E-state index in [1.807, 2.05) is 0 Å². The summed E-state index contributed by atoms with van der Waals surface area (Å²) in [5, 5.41) is 3.21. The lowest BCUT2D eigenvalue weighted by atomic mass is 10.1. The lowest BCUT2D eigenvalue weighted by Gasteiger charge is -2.22. The van der Waals surface area contributed by atoms with Crippen LogP contribution in [0.2, 0.25) is 0 Å². The van der Waals surface area contributed by atoms with Gasteiger partial charge in [-0.2, -0.15) is 0 Å². The minimum absolute atomic E-state index is 0. The van der Waals surface area contributed by atoms with Crippen molar-refractivity contribution < 1.29 is 9.53 Å². The largest absolute Gasteiger partial charge is 0.459 e. The number of nitrogen functional groups attached to an aromatic ring is 1. The van der Waals surface area contributed by atoms with Gasteiger partial charge >= 0.3 is 5.97 Å². The number of carbonyl (C=O) groups is 1. The number of aromatic nitrogens is 1. The second kappa shape index (κ2) is 6.42. The van der Waals surface area contributed by atoms with Gasteiger partial charge in [-0.15, -0.1) is 12.4 Å². The normalized spacial score (nSPS) is 16.0. The summed E-state index contributed by atoms with van der Waals surface area (Å²) in [5.41, 5.74) is 5.95. The number of nitrogens with one attached hydrogen (secondary N) is 1. The molecule has 3 N–H and O–H groups in total. The summed E-state index contributed by atoms with van der Waals surface area (Å²) < 4.78 is 5.36. The van der Waals surface area contributed by atoms with E-state index in [2.05, 4.69) is 10.3 Å². The predicted molar refractivity (Wildman–Crippen MR) is 67.2 cm³/mol. The van der Waals surface area contributed by atoms with Gasteiger partial charge in [0.25, 0.3) is 0 Å². The zero-order valence-electron chi connectivity index (χ0n) is 9.39. The van der Waals surface area contributed by atoms with Crippen LogP contribution in [0.5, 0.6) is 0 Å². The fourth-order valence-corrected chi connectivity index (χ4v) is 1.72. The molecule has 5 nitrogen and oxygen atoms in total. The van der Waals surface area contributed by atoms with Crippen molar-refractivity contribution in [2.75, 3.05) is 18.8 Å². The number of rotatable bonds is 2. The minimum atomic E-state index is -0.377. The first-order valence-corrected chi connectivity index (χ1v) is 5.39. The third-order valence-electron chi connectivity index (χ3n) is 2.62. The van der Waals surface area contributed by atoms with Gasteiger partial charge in [0.1, 0.15) is 17.5 Å².